The smallest absolute Gasteiger partial charge is 0.224 e. The molecule has 0 atom stereocenters. The van der Waals surface area contributed by atoms with Crippen molar-refractivity contribution in [3.8, 4) is 0 Å². The summed E-state index contributed by atoms with van der Waals surface area (Å²) in [5.41, 5.74) is 0. The Labute approximate surface area is 113 Å². The molecule has 0 amide bonds. The lowest BCUT2D eigenvalue weighted by molar-refractivity contribution is 0.219. The fraction of sp³-hybridized carbons (Fsp3) is 0.692. The van der Waals surface area contributed by atoms with Crippen LogP contribution < -0.4 is 10.6 Å². The van der Waals surface area contributed by atoms with E-state index in [0.717, 1.165) is 32.5 Å². The predicted octanol–water partition coefficient (Wildman–Crippen LogP) is 1.94. The van der Waals surface area contributed by atoms with Crippen molar-refractivity contribution < 1.29 is 4.39 Å². The lowest BCUT2D eigenvalue weighted by atomic mass is 10.0. The molecule has 1 aromatic rings. The van der Waals surface area contributed by atoms with Gasteiger partial charge in [0.05, 0.1) is 6.20 Å². The van der Waals surface area contributed by atoms with E-state index >= 15 is 0 Å². The van der Waals surface area contributed by atoms with Gasteiger partial charge in [0.2, 0.25) is 5.95 Å². The Morgan fingerprint density at radius 2 is 2.16 bits per heavy atom. The molecule has 0 radical (unpaired) electrons. The fourth-order valence-corrected chi connectivity index (χ4v) is 2.40. The SMILES string of the molecule is CCCN1CCC(Nc2nc(NC)ncc2F)CC1. The van der Waals surface area contributed by atoms with Gasteiger partial charge in [0.15, 0.2) is 11.6 Å². The molecule has 1 saturated heterocycles. The second-order valence-electron chi connectivity index (χ2n) is 4.90. The molecule has 1 aromatic heterocycles. The molecule has 6 heteroatoms. The third-order valence-corrected chi connectivity index (χ3v) is 3.44. The van der Waals surface area contributed by atoms with Crippen LogP contribution in [-0.4, -0.2) is 47.6 Å². The molecule has 0 saturated carbocycles. The van der Waals surface area contributed by atoms with Gasteiger partial charge in [-0.1, -0.05) is 6.92 Å². The quantitative estimate of drug-likeness (QED) is 0.854. The third kappa shape index (κ3) is 3.76. The van der Waals surface area contributed by atoms with Crippen molar-refractivity contribution in [2.45, 2.75) is 32.2 Å². The van der Waals surface area contributed by atoms with Crippen molar-refractivity contribution in [3.05, 3.63) is 12.0 Å². The summed E-state index contributed by atoms with van der Waals surface area (Å²) < 4.78 is 13.6. The molecule has 0 bridgehead atoms. The first-order valence-electron chi connectivity index (χ1n) is 6.92. The summed E-state index contributed by atoms with van der Waals surface area (Å²) in [7, 11) is 1.72. The number of hydrogen-bond acceptors (Lipinski definition) is 5. The van der Waals surface area contributed by atoms with Crippen molar-refractivity contribution in [1.29, 1.82) is 0 Å². The van der Waals surface area contributed by atoms with E-state index in [2.05, 4.69) is 32.4 Å². The Morgan fingerprint density at radius 1 is 1.42 bits per heavy atom. The molecule has 0 unspecified atom stereocenters. The number of aromatic nitrogens is 2. The zero-order chi connectivity index (χ0) is 13.7. The molecule has 1 aliphatic heterocycles. The highest BCUT2D eigenvalue weighted by molar-refractivity contribution is 5.41. The van der Waals surface area contributed by atoms with E-state index in [4.69, 9.17) is 0 Å². The van der Waals surface area contributed by atoms with Crippen LogP contribution in [0.5, 0.6) is 0 Å². The number of halogens is 1. The molecule has 2 rings (SSSR count). The van der Waals surface area contributed by atoms with Crippen molar-refractivity contribution in [2.75, 3.05) is 37.3 Å². The van der Waals surface area contributed by atoms with Gasteiger partial charge in [-0.2, -0.15) is 4.98 Å². The first-order chi connectivity index (χ1) is 9.22. The normalized spacial score (nSPS) is 17.4. The number of nitrogens with zero attached hydrogens (tertiary/aromatic N) is 3. The van der Waals surface area contributed by atoms with Crippen LogP contribution in [0.1, 0.15) is 26.2 Å². The summed E-state index contributed by atoms with van der Waals surface area (Å²) in [4.78, 5) is 10.4. The van der Waals surface area contributed by atoms with E-state index in [1.165, 1.54) is 12.6 Å². The summed E-state index contributed by atoms with van der Waals surface area (Å²) in [5.74, 6) is 0.343. The molecule has 1 aliphatic rings. The third-order valence-electron chi connectivity index (χ3n) is 3.44. The van der Waals surface area contributed by atoms with Gasteiger partial charge in [-0.3, -0.25) is 0 Å². The van der Waals surface area contributed by atoms with E-state index in [1.54, 1.807) is 7.05 Å². The summed E-state index contributed by atoms with van der Waals surface area (Å²) in [6.07, 6.45) is 4.44. The minimum atomic E-state index is -0.394. The van der Waals surface area contributed by atoms with E-state index < -0.39 is 5.82 Å². The summed E-state index contributed by atoms with van der Waals surface area (Å²) in [5, 5.41) is 6.01. The molecule has 2 heterocycles. The first kappa shape index (κ1) is 14.0. The minimum absolute atomic E-state index is 0.294. The van der Waals surface area contributed by atoms with Crippen LogP contribution in [0, 0.1) is 5.82 Å². The molecular weight excluding hydrogens is 245 g/mol. The van der Waals surface area contributed by atoms with Crippen LogP contribution in [0.25, 0.3) is 0 Å². The molecule has 19 heavy (non-hydrogen) atoms. The molecular formula is C13H22FN5. The largest absolute Gasteiger partial charge is 0.365 e. The summed E-state index contributed by atoms with van der Waals surface area (Å²) >= 11 is 0. The monoisotopic (exact) mass is 267 g/mol. The van der Waals surface area contributed by atoms with E-state index in [9.17, 15) is 4.39 Å². The molecule has 1 fully saturated rings. The van der Waals surface area contributed by atoms with E-state index in [-0.39, 0.29) is 0 Å². The van der Waals surface area contributed by atoms with Crippen LogP contribution >= 0.6 is 0 Å². The molecule has 2 N–H and O–H groups in total. The minimum Gasteiger partial charge on any atom is -0.365 e. The summed E-state index contributed by atoms with van der Waals surface area (Å²) in [6.45, 7) is 5.48. The lowest BCUT2D eigenvalue weighted by Crippen LogP contribution is -2.39. The number of anilines is 2. The molecule has 0 aliphatic carbocycles. The van der Waals surface area contributed by atoms with Crippen molar-refractivity contribution >= 4 is 11.8 Å². The Balaban J connectivity index is 1.91. The van der Waals surface area contributed by atoms with Gasteiger partial charge >= 0.3 is 0 Å². The van der Waals surface area contributed by atoms with Crippen LogP contribution in [0.3, 0.4) is 0 Å². The number of likely N-dealkylation sites (tertiary alicyclic amines) is 1. The molecule has 0 spiro atoms. The van der Waals surface area contributed by atoms with Crippen LogP contribution in [0.4, 0.5) is 16.2 Å². The van der Waals surface area contributed by atoms with Gasteiger partial charge in [-0.25, -0.2) is 9.37 Å². The van der Waals surface area contributed by atoms with Gasteiger partial charge in [-0.15, -0.1) is 0 Å². The van der Waals surface area contributed by atoms with Crippen molar-refractivity contribution in [3.63, 3.8) is 0 Å². The number of piperidine rings is 1. The van der Waals surface area contributed by atoms with Crippen molar-refractivity contribution in [1.82, 2.24) is 14.9 Å². The highest BCUT2D eigenvalue weighted by atomic mass is 19.1. The van der Waals surface area contributed by atoms with Crippen LogP contribution in [0.15, 0.2) is 6.20 Å². The zero-order valence-electron chi connectivity index (χ0n) is 11.6. The van der Waals surface area contributed by atoms with E-state index in [0.29, 0.717) is 17.8 Å². The number of rotatable bonds is 5. The molecule has 106 valence electrons. The maximum absolute atomic E-state index is 13.6. The Morgan fingerprint density at radius 3 is 2.79 bits per heavy atom. The topological polar surface area (TPSA) is 53.1 Å². The Hall–Kier alpha value is -1.43. The fourth-order valence-electron chi connectivity index (χ4n) is 2.40. The predicted molar refractivity (Wildman–Crippen MR) is 74.9 cm³/mol. The van der Waals surface area contributed by atoms with Gasteiger partial charge in [0, 0.05) is 26.2 Å². The van der Waals surface area contributed by atoms with Crippen LogP contribution in [0.2, 0.25) is 0 Å². The molecule has 5 nitrogen and oxygen atoms in total. The van der Waals surface area contributed by atoms with Gasteiger partial charge in [-0.05, 0) is 25.8 Å². The van der Waals surface area contributed by atoms with Gasteiger partial charge < -0.3 is 15.5 Å². The average Bonchev–Trinajstić information content (AvgIpc) is 2.44. The highest BCUT2D eigenvalue weighted by Crippen LogP contribution is 2.18. The standard InChI is InChI=1S/C13H22FN5/c1-3-6-19-7-4-10(5-8-19)17-12-11(14)9-16-13(15-2)18-12/h9-10H,3-8H2,1-2H3,(H2,15,16,17,18). The van der Waals surface area contributed by atoms with E-state index in [1.807, 2.05) is 0 Å². The second-order valence-corrected chi connectivity index (χ2v) is 4.90. The maximum Gasteiger partial charge on any atom is 0.224 e. The first-order valence-corrected chi connectivity index (χ1v) is 6.92. The maximum atomic E-state index is 13.6. The van der Waals surface area contributed by atoms with Gasteiger partial charge in [0.25, 0.3) is 0 Å². The summed E-state index contributed by atoms with van der Waals surface area (Å²) in [6, 6.07) is 0.294. The van der Waals surface area contributed by atoms with Crippen LogP contribution in [-0.2, 0) is 0 Å². The Kier molecular flexibility index (Phi) is 4.90. The average molecular weight is 267 g/mol. The Bertz CT molecular complexity index is 404. The second kappa shape index (κ2) is 6.65. The highest BCUT2D eigenvalue weighted by Gasteiger charge is 2.20. The number of hydrogen-bond donors (Lipinski definition) is 2. The number of nitrogens with one attached hydrogen (secondary N) is 2. The zero-order valence-corrected chi connectivity index (χ0v) is 11.6. The van der Waals surface area contributed by atoms with Crippen molar-refractivity contribution in [2.24, 2.45) is 0 Å². The molecule has 0 aromatic carbocycles. The lowest BCUT2D eigenvalue weighted by Gasteiger charge is -2.32. The van der Waals surface area contributed by atoms with Gasteiger partial charge in [0.1, 0.15) is 0 Å².